The van der Waals surface area contributed by atoms with Crippen LogP contribution in [0.5, 0.6) is 0 Å². The average molecular weight is 351 g/mol. The summed E-state index contributed by atoms with van der Waals surface area (Å²) in [6.07, 6.45) is 0.667. The van der Waals surface area contributed by atoms with E-state index in [0.717, 1.165) is 11.3 Å². The first-order chi connectivity index (χ1) is 10.1. The Bertz CT molecular complexity index is 620. The van der Waals surface area contributed by atoms with Crippen LogP contribution in [0.1, 0.15) is 5.56 Å². The van der Waals surface area contributed by atoms with Crippen LogP contribution in [0.3, 0.4) is 0 Å². The summed E-state index contributed by atoms with van der Waals surface area (Å²) in [5, 5.41) is 23.4. The largest absolute Gasteiger partial charge is 0.394 e. The Labute approximate surface area is 130 Å². The molecule has 0 radical (unpaired) electrons. The van der Waals surface area contributed by atoms with Crippen LogP contribution >= 0.6 is 15.9 Å². The first kappa shape index (κ1) is 15.5. The molecule has 0 aliphatic heterocycles. The smallest absolute Gasteiger partial charge is 0.270 e. The molecule has 2 rings (SSSR count). The van der Waals surface area contributed by atoms with E-state index >= 15 is 0 Å². The number of nitro benzene ring substituents is 1. The van der Waals surface area contributed by atoms with E-state index in [-0.39, 0.29) is 18.3 Å². The maximum atomic E-state index is 10.7. The number of nitrogens with zero attached hydrogens (tertiary/aromatic N) is 1. The van der Waals surface area contributed by atoms with Crippen LogP contribution in [-0.2, 0) is 6.42 Å². The highest BCUT2D eigenvalue weighted by atomic mass is 79.9. The first-order valence-corrected chi connectivity index (χ1v) is 7.24. The highest BCUT2D eigenvalue weighted by Crippen LogP contribution is 2.27. The van der Waals surface area contributed by atoms with Gasteiger partial charge in [0, 0.05) is 22.3 Å². The van der Waals surface area contributed by atoms with Crippen LogP contribution in [0.4, 0.5) is 11.4 Å². The zero-order valence-electron chi connectivity index (χ0n) is 11.2. The van der Waals surface area contributed by atoms with Crippen LogP contribution in [0.15, 0.2) is 53.0 Å². The van der Waals surface area contributed by atoms with Crippen LogP contribution < -0.4 is 5.32 Å². The molecule has 1 atom stereocenters. The lowest BCUT2D eigenvalue weighted by Crippen LogP contribution is -2.26. The molecule has 0 aromatic heterocycles. The first-order valence-electron chi connectivity index (χ1n) is 6.45. The van der Waals surface area contributed by atoms with E-state index in [1.165, 1.54) is 12.1 Å². The van der Waals surface area contributed by atoms with Crippen molar-refractivity contribution in [1.82, 2.24) is 0 Å². The number of aliphatic hydroxyl groups is 1. The van der Waals surface area contributed by atoms with Crippen molar-refractivity contribution in [3.8, 4) is 0 Å². The molecule has 21 heavy (non-hydrogen) atoms. The third kappa shape index (κ3) is 4.27. The van der Waals surface area contributed by atoms with Crippen molar-refractivity contribution in [2.24, 2.45) is 0 Å². The molecular formula is C15H15BrN2O3. The summed E-state index contributed by atoms with van der Waals surface area (Å²) in [5.41, 5.74) is 1.86. The standard InChI is InChI=1S/C15H15BrN2O3/c16-14-9-13(18(20)21)6-7-15(14)17-12(10-19)8-11-4-2-1-3-5-11/h1-7,9,12,17,19H,8,10H2. The van der Waals surface area contributed by atoms with Crippen molar-refractivity contribution in [3.63, 3.8) is 0 Å². The number of nitrogens with one attached hydrogen (secondary N) is 1. The highest BCUT2D eigenvalue weighted by Gasteiger charge is 2.13. The van der Waals surface area contributed by atoms with Gasteiger partial charge in [0.2, 0.25) is 0 Å². The lowest BCUT2D eigenvalue weighted by atomic mass is 10.1. The molecule has 0 bridgehead atoms. The van der Waals surface area contributed by atoms with E-state index in [2.05, 4.69) is 21.2 Å². The number of halogens is 1. The molecule has 2 aromatic carbocycles. The van der Waals surface area contributed by atoms with Crippen LogP contribution in [0.2, 0.25) is 0 Å². The molecular weight excluding hydrogens is 336 g/mol. The second kappa shape index (κ2) is 7.19. The van der Waals surface area contributed by atoms with Gasteiger partial charge in [-0.15, -0.1) is 0 Å². The van der Waals surface area contributed by atoms with E-state index in [4.69, 9.17) is 0 Å². The fourth-order valence-electron chi connectivity index (χ4n) is 2.01. The molecule has 6 heteroatoms. The maximum absolute atomic E-state index is 10.7. The Morgan fingerprint density at radius 1 is 1.24 bits per heavy atom. The van der Waals surface area contributed by atoms with Crippen LogP contribution in [0, 0.1) is 10.1 Å². The molecule has 0 saturated heterocycles. The van der Waals surface area contributed by atoms with Crippen molar-refractivity contribution in [3.05, 3.63) is 68.7 Å². The fraction of sp³-hybridized carbons (Fsp3) is 0.200. The molecule has 2 N–H and O–H groups in total. The molecule has 110 valence electrons. The molecule has 2 aromatic rings. The monoisotopic (exact) mass is 350 g/mol. The number of non-ortho nitro benzene ring substituents is 1. The molecule has 0 aliphatic rings. The van der Waals surface area contributed by atoms with Crippen LogP contribution in [0.25, 0.3) is 0 Å². The lowest BCUT2D eigenvalue weighted by molar-refractivity contribution is -0.384. The number of aliphatic hydroxyl groups excluding tert-OH is 1. The van der Waals surface area contributed by atoms with Gasteiger partial charge in [0.25, 0.3) is 5.69 Å². The summed E-state index contributed by atoms with van der Waals surface area (Å²) in [5.74, 6) is 0. The Kier molecular flexibility index (Phi) is 5.30. The predicted octanol–water partition coefficient (Wildman–Crippen LogP) is 3.37. The second-order valence-electron chi connectivity index (χ2n) is 4.63. The summed E-state index contributed by atoms with van der Waals surface area (Å²) in [6, 6.07) is 14.2. The number of nitro groups is 1. The number of anilines is 1. The topological polar surface area (TPSA) is 75.4 Å². The van der Waals surface area contributed by atoms with Gasteiger partial charge in [-0.3, -0.25) is 10.1 Å². The average Bonchev–Trinajstić information content (AvgIpc) is 2.49. The van der Waals surface area contributed by atoms with Gasteiger partial charge in [-0.1, -0.05) is 30.3 Å². The van der Waals surface area contributed by atoms with Crippen molar-refractivity contribution >= 4 is 27.3 Å². The summed E-state index contributed by atoms with van der Waals surface area (Å²) in [6.45, 7) is -0.0294. The predicted molar refractivity (Wildman–Crippen MR) is 85.4 cm³/mol. The van der Waals surface area contributed by atoms with Gasteiger partial charge in [-0.2, -0.15) is 0 Å². The minimum atomic E-state index is -0.442. The molecule has 0 amide bonds. The number of benzene rings is 2. The minimum Gasteiger partial charge on any atom is -0.394 e. The van der Waals surface area contributed by atoms with Crippen molar-refractivity contribution < 1.29 is 10.0 Å². The highest BCUT2D eigenvalue weighted by molar-refractivity contribution is 9.10. The summed E-state index contributed by atoms with van der Waals surface area (Å²) < 4.78 is 0.600. The van der Waals surface area contributed by atoms with Crippen molar-refractivity contribution in [2.75, 3.05) is 11.9 Å². The van der Waals surface area contributed by atoms with Gasteiger partial charge in [0.1, 0.15) is 0 Å². The molecule has 0 heterocycles. The third-order valence-electron chi connectivity index (χ3n) is 3.07. The van der Waals surface area contributed by atoms with E-state index in [0.29, 0.717) is 10.9 Å². The SMILES string of the molecule is O=[N+]([O-])c1ccc(NC(CO)Cc2ccccc2)c(Br)c1. The van der Waals surface area contributed by atoms with Gasteiger partial charge in [-0.25, -0.2) is 0 Å². The van der Waals surface area contributed by atoms with E-state index in [9.17, 15) is 15.2 Å². The maximum Gasteiger partial charge on any atom is 0.270 e. The summed E-state index contributed by atoms with van der Waals surface area (Å²) in [4.78, 5) is 10.3. The summed E-state index contributed by atoms with van der Waals surface area (Å²) in [7, 11) is 0. The van der Waals surface area contributed by atoms with Gasteiger partial charge >= 0.3 is 0 Å². The quantitative estimate of drug-likeness (QED) is 0.618. The Morgan fingerprint density at radius 2 is 1.95 bits per heavy atom. The summed E-state index contributed by atoms with van der Waals surface area (Å²) >= 11 is 3.31. The van der Waals surface area contributed by atoms with E-state index in [1.807, 2.05) is 30.3 Å². The third-order valence-corrected chi connectivity index (χ3v) is 3.72. The zero-order valence-corrected chi connectivity index (χ0v) is 12.8. The van der Waals surface area contributed by atoms with E-state index in [1.54, 1.807) is 6.07 Å². The van der Waals surface area contributed by atoms with Crippen molar-refractivity contribution in [2.45, 2.75) is 12.5 Å². The Hall–Kier alpha value is -1.92. The molecule has 0 saturated carbocycles. The Morgan fingerprint density at radius 3 is 2.52 bits per heavy atom. The number of hydrogen-bond acceptors (Lipinski definition) is 4. The van der Waals surface area contributed by atoms with Gasteiger partial charge in [-0.05, 0) is 34.0 Å². The number of hydrogen-bond donors (Lipinski definition) is 2. The molecule has 5 nitrogen and oxygen atoms in total. The fourth-order valence-corrected chi connectivity index (χ4v) is 2.50. The zero-order chi connectivity index (χ0) is 15.2. The van der Waals surface area contributed by atoms with E-state index < -0.39 is 4.92 Å². The molecule has 0 aliphatic carbocycles. The molecule has 0 fully saturated rings. The molecule has 0 spiro atoms. The molecule has 1 unspecified atom stereocenters. The Balaban J connectivity index is 2.10. The lowest BCUT2D eigenvalue weighted by Gasteiger charge is -2.18. The van der Waals surface area contributed by atoms with Gasteiger partial charge in [0.15, 0.2) is 0 Å². The minimum absolute atomic E-state index is 0.0241. The number of rotatable bonds is 6. The normalized spacial score (nSPS) is 11.9. The van der Waals surface area contributed by atoms with Crippen LogP contribution in [-0.4, -0.2) is 22.7 Å². The second-order valence-corrected chi connectivity index (χ2v) is 5.49. The van der Waals surface area contributed by atoms with Gasteiger partial charge in [0.05, 0.1) is 17.6 Å². The van der Waals surface area contributed by atoms with Gasteiger partial charge < -0.3 is 10.4 Å². The van der Waals surface area contributed by atoms with Crippen molar-refractivity contribution in [1.29, 1.82) is 0 Å².